The van der Waals surface area contributed by atoms with Crippen LogP contribution in [-0.4, -0.2) is 24.4 Å². The summed E-state index contributed by atoms with van der Waals surface area (Å²) in [5.41, 5.74) is 0. The molecule has 0 amide bonds. The van der Waals surface area contributed by atoms with Crippen molar-refractivity contribution in [2.45, 2.75) is 12.5 Å². The van der Waals surface area contributed by atoms with Crippen molar-refractivity contribution < 1.29 is 9.84 Å². The zero-order valence-corrected chi connectivity index (χ0v) is 9.47. The molecule has 2 heterocycles. The van der Waals surface area contributed by atoms with E-state index in [4.69, 9.17) is 4.74 Å². The molecule has 0 aromatic carbocycles. The first-order valence-electron chi connectivity index (χ1n) is 4.26. The molecule has 1 fully saturated rings. The number of aliphatic hydroxyl groups is 1. The molecule has 72 valence electrons. The molecule has 0 spiro atoms. The van der Waals surface area contributed by atoms with Gasteiger partial charge in [-0.1, -0.05) is 0 Å². The summed E-state index contributed by atoms with van der Waals surface area (Å²) in [6.45, 7) is 1.19. The van der Waals surface area contributed by atoms with Crippen LogP contribution in [0, 0.1) is 5.92 Å². The highest BCUT2D eigenvalue weighted by Crippen LogP contribution is 2.26. The van der Waals surface area contributed by atoms with Crippen LogP contribution in [0.1, 0.15) is 4.88 Å². The van der Waals surface area contributed by atoms with Gasteiger partial charge in [0.2, 0.25) is 0 Å². The molecule has 1 N–H and O–H groups in total. The molecule has 1 saturated heterocycles. The summed E-state index contributed by atoms with van der Waals surface area (Å²) in [4.78, 5) is 1.31. The number of halogens is 1. The smallest absolute Gasteiger partial charge is 0.0827 e. The molecule has 2 atom stereocenters. The molecule has 13 heavy (non-hydrogen) atoms. The maximum absolute atomic E-state index is 9.52. The minimum absolute atomic E-state index is 0.277. The standard InChI is InChI=1S/C9H11BrO2S/c10-9-2-1-7(13-9)3-6-4-12-5-8(6)11/h1-2,6,8,11H,3-5H2. The number of rotatable bonds is 2. The summed E-state index contributed by atoms with van der Waals surface area (Å²) in [6, 6.07) is 4.14. The van der Waals surface area contributed by atoms with Crippen molar-refractivity contribution in [1.82, 2.24) is 0 Å². The zero-order valence-electron chi connectivity index (χ0n) is 7.07. The molecule has 1 aliphatic heterocycles. The fraction of sp³-hybridized carbons (Fsp3) is 0.556. The summed E-state index contributed by atoms with van der Waals surface area (Å²) in [7, 11) is 0. The van der Waals surface area contributed by atoms with Gasteiger partial charge in [0, 0.05) is 10.8 Å². The minimum Gasteiger partial charge on any atom is -0.390 e. The Morgan fingerprint density at radius 3 is 2.92 bits per heavy atom. The predicted molar refractivity (Wildman–Crippen MR) is 56.0 cm³/mol. The Labute approximate surface area is 89.7 Å². The maximum Gasteiger partial charge on any atom is 0.0827 e. The van der Waals surface area contributed by atoms with Crippen molar-refractivity contribution >= 4 is 27.3 Å². The first kappa shape index (κ1) is 9.65. The lowest BCUT2D eigenvalue weighted by Crippen LogP contribution is -2.19. The summed E-state index contributed by atoms with van der Waals surface area (Å²) >= 11 is 5.15. The minimum atomic E-state index is -0.277. The highest BCUT2D eigenvalue weighted by molar-refractivity contribution is 9.11. The third-order valence-electron chi connectivity index (χ3n) is 2.26. The zero-order chi connectivity index (χ0) is 9.26. The first-order chi connectivity index (χ1) is 6.25. The maximum atomic E-state index is 9.52. The number of aliphatic hydroxyl groups excluding tert-OH is 1. The summed E-state index contributed by atoms with van der Waals surface area (Å²) in [5, 5.41) is 9.52. The lowest BCUT2D eigenvalue weighted by atomic mass is 10.0. The van der Waals surface area contributed by atoms with Crippen LogP contribution in [0.25, 0.3) is 0 Å². The van der Waals surface area contributed by atoms with Crippen LogP contribution in [0.4, 0.5) is 0 Å². The van der Waals surface area contributed by atoms with Gasteiger partial charge in [0.15, 0.2) is 0 Å². The van der Waals surface area contributed by atoms with Crippen molar-refractivity contribution in [2.75, 3.05) is 13.2 Å². The van der Waals surface area contributed by atoms with Crippen LogP contribution in [0.5, 0.6) is 0 Å². The summed E-state index contributed by atoms with van der Waals surface area (Å²) in [5.74, 6) is 0.283. The monoisotopic (exact) mass is 262 g/mol. The molecule has 2 rings (SSSR count). The van der Waals surface area contributed by atoms with Crippen molar-refractivity contribution in [3.8, 4) is 0 Å². The fourth-order valence-corrected chi connectivity index (χ4v) is 3.08. The summed E-state index contributed by atoms with van der Waals surface area (Å²) in [6.07, 6.45) is 0.651. The van der Waals surface area contributed by atoms with E-state index in [1.165, 1.54) is 4.88 Å². The average Bonchev–Trinajstić information content (AvgIpc) is 2.64. The van der Waals surface area contributed by atoms with Crippen LogP contribution in [0.2, 0.25) is 0 Å². The van der Waals surface area contributed by atoms with E-state index in [1.54, 1.807) is 11.3 Å². The van der Waals surface area contributed by atoms with E-state index in [9.17, 15) is 5.11 Å². The molecule has 1 aliphatic rings. The second-order valence-electron chi connectivity index (χ2n) is 3.27. The molecular formula is C9H11BrO2S. The number of ether oxygens (including phenoxy) is 1. The molecule has 0 radical (unpaired) electrons. The Balaban J connectivity index is 1.97. The molecule has 0 bridgehead atoms. The van der Waals surface area contributed by atoms with E-state index in [0.717, 1.165) is 10.2 Å². The van der Waals surface area contributed by atoms with E-state index in [1.807, 2.05) is 6.07 Å². The lowest BCUT2D eigenvalue weighted by Gasteiger charge is -2.09. The Morgan fingerprint density at radius 2 is 2.38 bits per heavy atom. The van der Waals surface area contributed by atoms with Crippen LogP contribution in [-0.2, 0) is 11.2 Å². The highest BCUT2D eigenvalue weighted by Gasteiger charge is 2.26. The molecule has 1 aromatic heterocycles. The Hall–Kier alpha value is 0.1000. The van der Waals surface area contributed by atoms with Crippen molar-refractivity contribution in [3.05, 3.63) is 20.8 Å². The van der Waals surface area contributed by atoms with E-state index >= 15 is 0 Å². The van der Waals surface area contributed by atoms with Gasteiger partial charge in [-0.2, -0.15) is 0 Å². The second kappa shape index (κ2) is 4.09. The van der Waals surface area contributed by atoms with E-state index < -0.39 is 0 Å². The van der Waals surface area contributed by atoms with Crippen molar-refractivity contribution in [2.24, 2.45) is 5.92 Å². The predicted octanol–water partition coefficient (Wildman–Crippen LogP) is 2.06. The Kier molecular flexibility index (Phi) is 3.03. The van der Waals surface area contributed by atoms with Crippen LogP contribution in [0.15, 0.2) is 15.9 Å². The van der Waals surface area contributed by atoms with Gasteiger partial charge in [0.05, 0.1) is 23.1 Å². The van der Waals surface area contributed by atoms with E-state index in [0.29, 0.717) is 13.2 Å². The Morgan fingerprint density at radius 1 is 1.54 bits per heavy atom. The molecule has 2 unspecified atom stereocenters. The van der Waals surface area contributed by atoms with Crippen molar-refractivity contribution in [1.29, 1.82) is 0 Å². The van der Waals surface area contributed by atoms with E-state index in [2.05, 4.69) is 22.0 Å². The molecule has 1 aromatic rings. The van der Waals surface area contributed by atoms with Gasteiger partial charge in [-0.05, 0) is 34.5 Å². The van der Waals surface area contributed by atoms with Gasteiger partial charge in [-0.15, -0.1) is 11.3 Å². The topological polar surface area (TPSA) is 29.5 Å². The SMILES string of the molecule is OC1COCC1Cc1ccc(Br)s1. The van der Waals surface area contributed by atoms with Crippen LogP contribution in [0.3, 0.4) is 0 Å². The van der Waals surface area contributed by atoms with Gasteiger partial charge in [0.25, 0.3) is 0 Å². The average molecular weight is 263 g/mol. The van der Waals surface area contributed by atoms with Gasteiger partial charge in [-0.25, -0.2) is 0 Å². The Bertz CT molecular complexity index is 287. The molecule has 2 nitrogen and oxygen atoms in total. The third-order valence-corrected chi connectivity index (χ3v) is 3.90. The summed E-state index contributed by atoms with van der Waals surface area (Å²) < 4.78 is 6.34. The normalized spacial score (nSPS) is 28.2. The molecular weight excluding hydrogens is 252 g/mol. The van der Waals surface area contributed by atoms with Gasteiger partial charge in [-0.3, -0.25) is 0 Å². The van der Waals surface area contributed by atoms with Crippen LogP contribution < -0.4 is 0 Å². The van der Waals surface area contributed by atoms with Crippen molar-refractivity contribution in [3.63, 3.8) is 0 Å². The third kappa shape index (κ3) is 2.31. The number of thiophene rings is 1. The highest BCUT2D eigenvalue weighted by atomic mass is 79.9. The second-order valence-corrected chi connectivity index (χ2v) is 5.82. The molecule has 4 heteroatoms. The van der Waals surface area contributed by atoms with Gasteiger partial charge in [0.1, 0.15) is 0 Å². The van der Waals surface area contributed by atoms with E-state index in [-0.39, 0.29) is 12.0 Å². The number of hydrogen-bond acceptors (Lipinski definition) is 3. The molecule has 0 saturated carbocycles. The number of hydrogen-bond donors (Lipinski definition) is 1. The lowest BCUT2D eigenvalue weighted by molar-refractivity contribution is 0.118. The molecule has 0 aliphatic carbocycles. The van der Waals surface area contributed by atoms with Gasteiger partial charge >= 0.3 is 0 Å². The van der Waals surface area contributed by atoms with Crippen LogP contribution >= 0.6 is 27.3 Å². The largest absolute Gasteiger partial charge is 0.390 e. The first-order valence-corrected chi connectivity index (χ1v) is 5.86. The fourth-order valence-electron chi connectivity index (χ4n) is 1.50. The van der Waals surface area contributed by atoms with Gasteiger partial charge < -0.3 is 9.84 Å². The quantitative estimate of drug-likeness (QED) is 0.885.